The maximum Gasteiger partial charge on any atom is 0.242 e. The summed E-state index contributed by atoms with van der Waals surface area (Å²) < 4.78 is 12.6. The van der Waals surface area contributed by atoms with Crippen LogP contribution in [0.1, 0.15) is 12.8 Å². The quantitative estimate of drug-likeness (QED) is 0.458. The van der Waals surface area contributed by atoms with E-state index in [4.69, 9.17) is 14.5 Å². The molecule has 4 aromatic rings. The number of imidazole rings is 1. The molecule has 4 heterocycles. The molecular formula is C25H23N5O4S. The molecule has 0 atom stereocenters. The first-order valence-corrected chi connectivity index (χ1v) is 12.4. The number of anilines is 1. The van der Waals surface area contributed by atoms with Gasteiger partial charge in [0.25, 0.3) is 0 Å². The summed E-state index contributed by atoms with van der Waals surface area (Å²) in [5.41, 5.74) is 4.95. The van der Waals surface area contributed by atoms with Crippen molar-refractivity contribution in [2.45, 2.75) is 19.4 Å². The second kappa shape index (κ2) is 9.03. The Bertz CT molecular complexity index is 1390. The lowest BCUT2D eigenvalue weighted by atomic mass is 9.95. The number of ether oxygens (including phenoxy) is 2. The molecule has 0 radical (unpaired) electrons. The number of likely N-dealkylation sites (tertiary alicyclic amines) is 1. The van der Waals surface area contributed by atoms with Crippen molar-refractivity contribution in [3.8, 4) is 23.0 Å². The molecule has 0 unspecified atom stereocenters. The van der Waals surface area contributed by atoms with Crippen LogP contribution in [-0.4, -0.2) is 51.1 Å². The van der Waals surface area contributed by atoms with Crippen LogP contribution in [0.4, 0.5) is 5.69 Å². The van der Waals surface area contributed by atoms with Gasteiger partial charge in [0.2, 0.25) is 18.6 Å². The minimum atomic E-state index is -0.149. The van der Waals surface area contributed by atoms with Crippen LogP contribution >= 0.6 is 11.3 Å². The summed E-state index contributed by atoms with van der Waals surface area (Å²) in [6, 6.07) is 13.2. The van der Waals surface area contributed by atoms with Gasteiger partial charge in [-0.05, 0) is 37.1 Å². The summed E-state index contributed by atoms with van der Waals surface area (Å²) in [6.45, 7) is 1.45. The van der Waals surface area contributed by atoms with Gasteiger partial charge in [-0.2, -0.15) is 0 Å². The fourth-order valence-corrected chi connectivity index (χ4v) is 5.13. The van der Waals surface area contributed by atoms with Crippen molar-refractivity contribution in [1.29, 1.82) is 0 Å². The first-order valence-electron chi connectivity index (χ1n) is 11.5. The van der Waals surface area contributed by atoms with Gasteiger partial charge in [-0.25, -0.2) is 9.97 Å². The Morgan fingerprint density at radius 1 is 1.09 bits per heavy atom. The molecule has 10 heteroatoms. The van der Waals surface area contributed by atoms with Crippen LogP contribution in [-0.2, 0) is 16.1 Å². The molecule has 0 aliphatic carbocycles. The molecular weight excluding hydrogens is 466 g/mol. The Morgan fingerprint density at radius 2 is 1.91 bits per heavy atom. The van der Waals surface area contributed by atoms with E-state index in [0.717, 1.165) is 16.7 Å². The molecule has 35 heavy (non-hydrogen) atoms. The zero-order chi connectivity index (χ0) is 23.8. The largest absolute Gasteiger partial charge is 0.454 e. The van der Waals surface area contributed by atoms with E-state index < -0.39 is 0 Å². The van der Waals surface area contributed by atoms with Gasteiger partial charge in [0.1, 0.15) is 12.2 Å². The van der Waals surface area contributed by atoms with E-state index >= 15 is 0 Å². The van der Waals surface area contributed by atoms with Crippen LogP contribution < -0.4 is 14.8 Å². The second-order valence-electron chi connectivity index (χ2n) is 8.60. The molecule has 2 amide bonds. The Kier molecular flexibility index (Phi) is 5.57. The Balaban J connectivity index is 1.11. The lowest BCUT2D eigenvalue weighted by molar-refractivity contribution is -0.135. The van der Waals surface area contributed by atoms with E-state index in [1.807, 2.05) is 39.1 Å². The highest BCUT2D eigenvalue weighted by Gasteiger charge is 2.28. The number of thiazole rings is 1. The number of nitrogens with zero attached hydrogens (tertiary/aromatic N) is 4. The number of amides is 2. The third-order valence-corrected chi connectivity index (χ3v) is 7.05. The number of rotatable bonds is 5. The molecule has 9 nitrogen and oxygen atoms in total. The van der Waals surface area contributed by atoms with Gasteiger partial charge >= 0.3 is 0 Å². The van der Waals surface area contributed by atoms with E-state index in [1.54, 1.807) is 23.7 Å². The number of benzene rings is 2. The summed E-state index contributed by atoms with van der Waals surface area (Å²) >= 11 is 1.50. The van der Waals surface area contributed by atoms with Crippen LogP contribution in [0.25, 0.3) is 22.6 Å². The maximum absolute atomic E-state index is 13.2. The average Bonchev–Trinajstić information content (AvgIpc) is 3.64. The van der Waals surface area contributed by atoms with Gasteiger partial charge in [-0.15, -0.1) is 11.3 Å². The third-order valence-electron chi connectivity index (χ3n) is 6.47. The van der Waals surface area contributed by atoms with Crippen LogP contribution in [0, 0.1) is 5.92 Å². The standard InChI is InChI=1S/C25H23N5O4S/c31-23(12-30-20-4-2-1-3-18(20)28-24(30)19-13-35-14-26-19)29-9-7-16(8-10-29)25(32)27-17-5-6-21-22(11-17)34-15-33-21/h1-6,11,13-14,16H,7-10,12,15H2,(H,27,32). The molecule has 2 aliphatic rings. The van der Waals surface area contributed by atoms with Crippen molar-refractivity contribution in [2.75, 3.05) is 25.2 Å². The summed E-state index contributed by atoms with van der Waals surface area (Å²) in [5.74, 6) is 1.83. The van der Waals surface area contributed by atoms with Crippen LogP contribution in [0.5, 0.6) is 11.5 Å². The normalized spacial score (nSPS) is 15.5. The van der Waals surface area contributed by atoms with Crippen molar-refractivity contribution < 1.29 is 19.1 Å². The summed E-state index contributed by atoms with van der Waals surface area (Å²) in [7, 11) is 0. The Hall–Kier alpha value is -3.92. The molecule has 0 spiro atoms. The number of fused-ring (bicyclic) bond motifs is 2. The number of carbonyl (C=O) groups excluding carboxylic acids is 2. The number of piperidine rings is 1. The van der Waals surface area contributed by atoms with Crippen LogP contribution in [0.2, 0.25) is 0 Å². The Labute approximate surface area is 205 Å². The van der Waals surface area contributed by atoms with Gasteiger partial charge in [0.05, 0.1) is 16.5 Å². The molecule has 6 rings (SSSR count). The van der Waals surface area contributed by atoms with Gasteiger partial charge < -0.3 is 24.3 Å². The molecule has 2 aromatic carbocycles. The smallest absolute Gasteiger partial charge is 0.242 e. The van der Waals surface area contributed by atoms with Gasteiger partial charge in [-0.3, -0.25) is 9.59 Å². The zero-order valence-electron chi connectivity index (χ0n) is 18.8. The number of aromatic nitrogens is 3. The lowest BCUT2D eigenvalue weighted by Gasteiger charge is -2.31. The van der Waals surface area contributed by atoms with Gasteiger partial charge in [0.15, 0.2) is 17.3 Å². The lowest BCUT2D eigenvalue weighted by Crippen LogP contribution is -2.42. The predicted molar refractivity (Wildman–Crippen MR) is 131 cm³/mol. The van der Waals surface area contributed by atoms with Crippen LogP contribution in [0.3, 0.4) is 0 Å². The van der Waals surface area contributed by atoms with E-state index in [1.165, 1.54) is 11.3 Å². The maximum atomic E-state index is 13.2. The molecule has 1 saturated heterocycles. The molecule has 2 aromatic heterocycles. The van der Waals surface area contributed by atoms with Crippen molar-refractivity contribution in [3.05, 3.63) is 53.4 Å². The zero-order valence-corrected chi connectivity index (χ0v) is 19.7. The monoisotopic (exact) mass is 489 g/mol. The summed E-state index contributed by atoms with van der Waals surface area (Å²) in [4.78, 5) is 37.0. The predicted octanol–water partition coefficient (Wildman–Crippen LogP) is 3.77. The topological polar surface area (TPSA) is 98.6 Å². The first-order chi connectivity index (χ1) is 17.2. The first kappa shape index (κ1) is 21.6. The number of nitrogens with one attached hydrogen (secondary N) is 1. The van der Waals surface area contributed by atoms with E-state index in [9.17, 15) is 9.59 Å². The van der Waals surface area contributed by atoms with Crippen LogP contribution in [0.15, 0.2) is 53.4 Å². The van der Waals surface area contributed by atoms with E-state index in [2.05, 4.69) is 10.3 Å². The van der Waals surface area contributed by atoms with Crippen molar-refractivity contribution >= 4 is 39.9 Å². The Morgan fingerprint density at radius 3 is 2.74 bits per heavy atom. The second-order valence-corrected chi connectivity index (χ2v) is 9.31. The summed E-state index contributed by atoms with van der Waals surface area (Å²) in [5, 5.41) is 4.91. The minimum absolute atomic E-state index is 0.0132. The number of hydrogen-bond donors (Lipinski definition) is 1. The minimum Gasteiger partial charge on any atom is -0.454 e. The molecule has 0 saturated carbocycles. The van der Waals surface area contributed by atoms with E-state index in [0.29, 0.717) is 48.9 Å². The molecule has 0 bridgehead atoms. The van der Waals surface area contributed by atoms with Gasteiger partial charge in [-0.1, -0.05) is 12.1 Å². The molecule has 2 aliphatic heterocycles. The highest BCUT2D eigenvalue weighted by molar-refractivity contribution is 7.07. The van der Waals surface area contributed by atoms with Crippen molar-refractivity contribution in [3.63, 3.8) is 0 Å². The van der Waals surface area contributed by atoms with E-state index in [-0.39, 0.29) is 31.1 Å². The van der Waals surface area contributed by atoms with Gasteiger partial charge in [0, 0.05) is 36.1 Å². The SMILES string of the molecule is O=C(Nc1ccc2c(c1)OCO2)C1CCN(C(=O)Cn2c(-c3cscn3)nc3ccccc32)CC1. The molecule has 1 N–H and O–H groups in total. The average molecular weight is 490 g/mol. The van der Waals surface area contributed by atoms with Crippen molar-refractivity contribution in [2.24, 2.45) is 5.92 Å². The number of hydrogen-bond acceptors (Lipinski definition) is 7. The highest BCUT2D eigenvalue weighted by Crippen LogP contribution is 2.34. The molecule has 1 fully saturated rings. The number of para-hydroxylation sites is 2. The fraction of sp³-hybridized carbons (Fsp3) is 0.280. The molecule has 178 valence electrons. The third kappa shape index (κ3) is 4.21. The van der Waals surface area contributed by atoms with Crippen molar-refractivity contribution in [1.82, 2.24) is 19.4 Å². The highest BCUT2D eigenvalue weighted by atomic mass is 32.1. The fourth-order valence-electron chi connectivity index (χ4n) is 4.60. The summed E-state index contributed by atoms with van der Waals surface area (Å²) in [6.07, 6.45) is 1.23. The number of carbonyl (C=O) groups is 2.